The third kappa shape index (κ3) is 5.01. The molecule has 0 spiro atoms. The van der Waals surface area contributed by atoms with Crippen LogP contribution in [0.1, 0.15) is 19.8 Å². The molecule has 4 nitrogen and oxygen atoms in total. The molecule has 2 N–H and O–H groups in total. The number of aryl methyl sites for hydroxylation is 1. The van der Waals surface area contributed by atoms with E-state index in [1.165, 1.54) is 4.90 Å². The van der Waals surface area contributed by atoms with Crippen molar-refractivity contribution in [3.8, 4) is 0 Å². The molecule has 0 aliphatic heterocycles. The van der Waals surface area contributed by atoms with Gasteiger partial charge in [-0.3, -0.25) is 4.68 Å². The summed E-state index contributed by atoms with van der Waals surface area (Å²) in [6, 6.07) is 0.384. The fourth-order valence-corrected chi connectivity index (χ4v) is 2.45. The number of aromatic nitrogens is 2. The first kappa shape index (κ1) is 13.5. The van der Waals surface area contributed by atoms with E-state index in [0.717, 1.165) is 25.1 Å². The van der Waals surface area contributed by atoms with Crippen molar-refractivity contribution in [3.63, 3.8) is 0 Å². The number of aliphatic hydroxyl groups excluding tert-OH is 1. The summed E-state index contributed by atoms with van der Waals surface area (Å²) in [5.41, 5.74) is 0. The zero-order valence-electron chi connectivity index (χ0n) is 10.0. The van der Waals surface area contributed by atoms with Crippen molar-refractivity contribution in [2.75, 3.05) is 18.9 Å². The number of rotatable bonds is 8. The Morgan fingerprint density at radius 1 is 1.62 bits per heavy atom. The highest BCUT2D eigenvalue weighted by molar-refractivity contribution is 7.99. The summed E-state index contributed by atoms with van der Waals surface area (Å²) >= 11 is 1.78. The molecule has 1 unspecified atom stereocenters. The van der Waals surface area contributed by atoms with E-state index in [1.807, 2.05) is 24.1 Å². The SMILES string of the molecule is CCCNC(CCO)CSc1cnn(C)c1. The molecular weight excluding hydrogens is 222 g/mol. The van der Waals surface area contributed by atoms with Gasteiger partial charge in [0.2, 0.25) is 0 Å². The van der Waals surface area contributed by atoms with Crippen LogP contribution in [0.3, 0.4) is 0 Å². The van der Waals surface area contributed by atoms with Crippen LogP contribution in [0.15, 0.2) is 17.3 Å². The van der Waals surface area contributed by atoms with E-state index in [9.17, 15) is 0 Å². The van der Waals surface area contributed by atoms with Crippen molar-refractivity contribution < 1.29 is 5.11 Å². The molecule has 0 fully saturated rings. The first-order valence-corrected chi connectivity index (χ1v) is 6.70. The maximum atomic E-state index is 8.97. The fourth-order valence-electron chi connectivity index (χ4n) is 1.42. The van der Waals surface area contributed by atoms with Crippen molar-refractivity contribution in [1.82, 2.24) is 15.1 Å². The quantitative estimate of drug-likeness (QED) is 0.675. The summed E-state index contributed by atoms with van der Waals surface area (Å²) < 4.78 is 1.81. The predicted octanol–water partition coefficient (Wildman–Crippen LogP) is 1.26. The van der Waals surface area contributed by atoms with E-state index < -0.39 is 0 Å². The van der Waals surface area contributed by atoms with Gasteiger partial charge in [-0.15, -0.1) is 11.8 Å². The Hall–Kier alpha value is -0.520. The molecule has 16 heavy (non-hydrogen) atoms. The van der Waals surface area contributed by atoms with E-state index in [2.05, 4.69) is 17.3 Å². The molecule has 1 aromatic heterocycles. The van der Waals surface area contributed by atoms with Crippen LogP contribution in [-0.4, -0.2) is 39.8 Å². The average molecular weight is 243 g/mol. The van der Waals surface area contributed by atoms with Crippen molar-refractivity contribution in [2.45, 2.75) is 30.7 Å². The third-order valence-corrected chi connectivity index (χ3v) is 3.41. The van der Waals surface area contributed by atoms with E-state index >= 15 is 0 Å². The fraction of sp³-hybridized carbons (Fsp3) is 0.727. The van der Waals surface area contributed by atoms with Crippen LogP contribution >= 0.6 is 11.8 Å². The summed E-state index contributed by atoms with van der Waals surface area (Å²) in [5, 5.41) is 16.5. The molecule has 1 heterocycles. The summed E-state index contributed by atoms with van der Waals surface area (Å²) in [4.78, 5) is 1.18. The molecule has 0 saturated carbocycles. The lowest BCUT2D eigenvalue weighted by atomic mass is 10.2. The molecule has 1 rings (SSSR count). The highest BCUT2D eigenvalue weighted by Crippen LogP contribution is 2.18. The molecule has 0 aromatic carbocycles. The summed E-state index contributed by atoms with van der Waals surface area (Å²) in [6.45, 7) is 3.41. The normalized spacial score (nSPS) is 12.9. The monoisotopic (exact) mass is 243 g/mol. The van der Waals surface area contributed by atoms with Gasteiger partial charge in [0.05, 0.1) is 6.20 Å². The highest BCUT2D eigenvalue weighted by atomic mass is 32.2. The van der Waals surface area contributed by atoms with Crippen LogP contribution < -0.4 is 5.32 Å². The molecular formula is C11H21N3OS. The summed E-state index contributed by atoms with van der Waals surface area (Å²) in [7, 11) is 1.92. The standard InChI is InChI=1S/C11H21N3OS/c1-3-5-12-10(4-6-15)9-16-11-7-13-14(2)8-11/h7-8,10,12,15H,3-6,9H2,1-2H3. The third-order valence-electron chi connectivity index (χ3n) is 2.29. The van der Waals surface area contributed by atoms with Crippen molar-refractivity contribution >= 4 is 11.8 Å². The van der Waals surface area contributed by atoms with Crippen LogP contribution in [0.25, 0.3) is 0 Å². The van der Waals surface area contributed by atoms with Gasteiger partial charge in [0.1, 0.15) is 0 Å². The first-order chi connectivity index (χ1) is 7.76. The van der Waals surface area contributed by atoms with Crippen molar-refractivity contribution in [1.29, 1.82) is 0 Å². The van der Waals surface area contributed by atoms with Gasteiger partial charge in [0, 0.05) is 36.5 Å². The average Bonchev–Trinajstić information content (AvgIpc) is 2.68. The minimum absolute atomic E-state index is 0.245. The Bertz CT molecular complexity index is 291. The zero-order chi connectivity index (χ0) is 11.8. The van der Waals surface area contributed by atoms with Crippen LogP contribution in [0.5, 0.6) is 0 Å². The lowest BCUT2D eigenvalue weighted by Gasteiger charge is -2.16. The zero-order valence-corrected chi connectivity index (χ0v) is 10.8. The Morgan fingerprint density at radius 3 is 3.00 bits per heavy atom. The topological polar surface area (TPSA) is 50.1 Å². The van der Waals surface area contributed by atoms with Gasteiger partial charge in [0.25, 0.3) is 0 Å². The minimum atomic E-state index is 0.245. The number of aliphatic hydroxyl groups is 1. The number of nitrogens with zero attached hydrogens (tertiary/aromatic N) is 2. The van der Waals surface area contributed by atoms with Gasteiger partial charge >= 0.3 is 0 Å². The molecule has 0 radical (unpaired) electrons. The largest absolute Gasteiger partial charge is 0.396 e. The Labute approximate surface area is 101 Å². The van der Waals surface area contributed by atoms with Gasteiger partial charge in [-0.1, -0.05) is 6.92 Å². The maximum absolute atomic E-state index is 8.97. The van der Waals surface area contributed by atoms with Crippen LogP contribution in [0.2, 0.25) is 0 Å². The maximum Gasteiger partial charge on any atom is 0.0625 e. The smallest absolute Gasteiger partial charge is 0.0625 e. The molecule has 5 heteroatoms. The minimum Gasteiger partial charge on any atom is -0.396 e. The molecule has 92 valence electrons. The van der Waals surface area contributed by atoms with Gasteiger partial charge < -0.3 is 10.4 Å². The van der Waals surface area contributed by atoms with E-state index in [4.69, 9.17) is 5.11 Å². The molecule has 0 aliphatic rings. The van der Waals surface area contributed by atoms with Crippen molar-refractivity contribution in [2.24, 2.45) is 7.05 Å². The highest BCUT2D eigenvalue weighted by Gasteiger charge is 2.08. The van der Waals surface area contributed by atoms with Crippen LogP contribution in [-0.2, 0) is 7.05 Å². The second kappa shape index (κ2) is 7.70. The Morgan fingerprint density at radius 2 is 2.44 bits per heavy atom. The van der Waals surface area contributed by atoms with Gasteiger partial charge in [-0.2, -0.15) is 5.10 Å². The van der Waals surface area contributed by atoms with Crippen LogP contribution in [0.4, 0.5) is 0 Å². The number of thioether (sulfide) groups is 1. The summed E-state index contributed by atoms with van der Waals surface area (Å²) in [5.74, 6) is 0.978. The van der Waals surface area contributed by atoms with Gasteiger partial charge in [0.15, 0.2) is 0 Å². The second-order valence-electron chi connectivity index (χ2n) is 3.82. The van der Waals surface area contributed by atoms with Crippen LogP contribution in [0, 0.1) is 0 Å². The molecule has 0 saturated heterocycles. The number of nitrogens with one attached hydrogen (secondary N) is 1. The molecule has 0 bridgehead atoms. The lowest BCUT2D eigenvalue weighted by molar-refractivity contribution is 0.270. The second-order valence-corrected chi connectivity index (χ2v) is 4.92. The number of hydrogen-bond donors (Lipinski definition) is 2. The van der Waals surface area contributed by atoms with E-state index in [-0.39, 0.29) is 6.61 Å². The van der Waals surface area contributed by atoms with E-state index in [1.54, 1.807) is 11.8 Å². The Balaban J connectivity index is 2.30. The van der Waals surface area contributed by atoms with Crippen molar-refractivity contribution in [3.05, 3.63) is 12.4 Å². The molecule has 0 aliphatic carbocycles. The predicted molar refractivity (Wildman–Crippen MR) is 67.7 cm³/mol. The molecule has 0 amide bonds. The lowest BCUT2D eigenvalue weighted by Crippen LogP contribution is -2.32. The molecule has 1 aromatic rings. The molecule has 1 atom stereocenters. The number of hydrogen-bond acceptors (Lipinski definition) is 4. The summed E-state index contributed by atoms with van der Waals surface area (Å²) in [6.07, 6.45) is 5.83. The van der Waals surface area contributed by atoms with E-state index in [0.29, 0.717) is 6.04 Å². The first-order valence-electron chi connectivity index (χ1n) is 5.72. The van der Waals surface area contributed by atoms with Gasteiger partial charge in [-0.25, -0.2) is 0 Å². The Kier molecular flexibility index (Phi) is 6.52. The van der Waals surface area contributed by atoms with Gasteiger partial charge in [-0.05, 0) is 19.4 Å².